The molecule has 0 atom stereocenters. The van der Waals surface area contributed by atoms with Gasteiger partial charge in [0.05, 0.1) is 13.0 Å². The quantitative estimate of drug-likeness (QED) is 0.567. The van der Waals surface area contributed by atoms with Crippen molar-refractivity contribution in [2.45, 2.75) is 45.4 Å². The topological polar surface area (TPSA) is 46.6 Å². The van der Waals surface area contributed by atoms with Gasteiger partial charge in [-0.05, 0) is 32.6 Å². The zero-order valence-electron chi connectivity index (χ0n) is 11.0. The molecule has 2 fully saturated rings. The van der Waals surface area contributed by atoms with E-state index in [1.54, 1.807) is 18.1 Å². The van der Waals surface area contributed by atoms with Crippen molar-refractivity contribution >= 4 is 11.9 Å². The summed E-state index contributed by atoms with van der Waals surface area (Å²) in [5, 5.41) is 0. The van der Waals surface area contributed by atoms with Gasteiger partial charge in [0.25, 0.3) is 0 Å². The van der Waals surface area contributed by atoms with Gasteiger partial charge in [0.1, 0.15) is 0 Å². The third-order valence-electron chi connectivity index (χ3n) is 3.57. The van der Waals surface area contributed by atoms with E-state index in [2.05, 4.69) is 0 Å². The van der Waals surface area contributed by atoms with E-state index in [-0.39, 0.29) is 24.7 Å². The number of allylic oxidation sites excluding steroid dienone is 1. The van der Waals surface area contributed by atoms with Crippen LogP contribution in [0.15, 0.2) is 11.1 Å². The monoisotopic (exact) mass is 251 g/mol. The lowest BCUT2D eigenvalue weighted by molar-refractivity contribution is -0.145. The fourth-order valence-corrected chi connectivity index (χ4v) is 2.40. The maximum absolute atomic E-state index is 11.9. The Morgan fingerprint density at radius 1 is 1.06 bits per heavy atom. The number of nitrogens with zero attached hydrogens (tertiary/aromatic N) is 1. The van der Waals surface area contributed by atoms with Gasteiger partial charge in [-0.3, -0.25) is 9.59 Å². The van der Waals surface area contributed by atoms with Crippen molar-refractivity contribution in [3.63, 3.8) is 0 Å². The SMILES string of the molecule is CCOC(=O)CCC(=O)N1CCC(=C2CC2)CC1. The van der Waals surface area contributed by atoms with Crippen molar-refractivity contribution < 1.29 is 14.3 Å². The average molecular weight is 251 g/mol. The predicted octanol–water partition coefficient (Wildman–Crippen LogP) is 2.04. The summed E-state index contributed by atoms with van der Waals surface area (Å²) in [6.07, 6.45) is 5.08. The van der Waals surface area contributed by atoms with Crippen molar-refractivity contribution in [2.24, 2.45) is 0 Å². The van der Waals surface area contributed by atoms with Gasteiger partial charge in [-0.25, -0.2) is 0 Å². The van der Waals surface area contributed by atoms with Crippen LogP contribution in [0.3, 0.4) is 0 Å². The van der Waals surface area contributed by atoms with Crippen molar-refractivity contribution in [2.75, 3.05) is 19.7 Å². The first-order valence-corrected chi connectivity index (χ1v) is 6.84. The molecule has 0 unspecified atom stereocenters. The van der Waals surface area contributed by atoms with Crippen LogP contribution in [0, 0.1) is 0 Å². The van der Waals surface area contributed by atoms with Crippen LogP contribution in [0.5, 0.6) is 0 Å². The summed E-state index contributed by atoms with van der Waals surface area (Å²) in [5.41, 5.74) is 3.19. The summed E-state index contributed by atoms with van der Waals surface area (Å²) >= 11 is 0. The van der Waals surface area contributed by atoms with Crippen molar-refractivity contribution in [1.29, 1.82) is 0 Å². The first kappa shape index (κ1) is 13.1. The first-order valence-electron chi connectivity index (χ1n) is 6.84. The summed E-state index contributed by atoms with van der Waals surface area (Å²) < 4.78 is 4.82. The number of ether oxygens (including phenoxy) is 1. The molecule has 1 aliphatic carbocycles. The van der Waals surface area contributed by atoms with E-state index in [1.807, 2.05) is 4.90 Å². The van der Waals surface area contributed by atoms with Gasteiger partial charge in [-0.2, -0.15) is 0 Å². The first-order chi connectivity index (χ1) is 8.70. The van der Waals surface area contributed by atoms with Gasteiger partial charge >= 0.3 is 5.97 Å². The molecule has 0 N–H and O–H groups in total. The van der Waals surface area contributed by atoms with Crippen molar-refractivity contribution in [3.8, 4) is 0 Å². The molecule has 100 valence electrons. The Bertz CT molecular complexity index is 357. The second-order valence-corrected chi connectivity index (χ2v) is 4.89. The number of hydrogen-bond donors (Lipinski definition) is 0. The number of amides is 1. The molecule has 0 bridgehead atoms. The molecule has 4 heteroatoms. The van der Waals surface area contributed by atoms with Crippen LogP contribution in [0.4, 0.5) is 0 Å². The number of rotatable bonds is 4. The zero-order valence-corrected chi connectivity index (χ0v) is 11.0. The van der Waals surface area contributed by atoms with Crippen LogP contribution >= 0.6 is 0 Å². The predicted molar refractivity (Wildman–Crippen MR) is 67.9 cm³/mol. The summed E-state index contributed by atoms with van der Waals surface area (Å²) in [6.45, 7) is 3.80. The molecule has 0 aromatic heterocycles. The summed E-state index contributed by atoms with van der Waals surface area (Å²) in [7, 11) is 0. The van der Waals surface area contributed by atoms with Crippen LogP contribution in [0.25, 0.3) is 0 Å². The minimum atomic E-state index is -0.274. The Kier molecular flexibility index (Phi) is 4.39. The molecule has 2 aliphatic rings. The highest BCUT2D eigenvalue weighted by molar-refractivity contribution is 5.81. The second kappa shape index (κ2) is 6.03. The minimum absolute atomic E-state index is 0.0860. The van der Waals surface area contributed by atoms with Crippen LogP contribution in [-0.4, -0.2) is 36.5 Å². The van der Waals surface area contributed by atoms with E-state index in [9.17, 15) is 9.59 Å². The number of piperidine rings is 1. The molecule has 1 saturated carbocycles. The maximum Gasteiger partial charge on any atom is 0.306 e. The number of carbonyl (C=O) groups excluding carboxylic acids is 2. The Balaban J connectivity index is 1.70. The molecule has 4 nitrogen and oxygen atoms in total. The summed E-state index contributed by atoms with van der Waals surface area (Å²) in [6, 6.07) is 0. The normalized spacial score (nSPS) is 18.8. The number of hydrogen-bond acceptors (Lipinski definition) is 3. The van der Waals surface area contributed by atoms with E-state index in [0.29, 0.717) is 6.61 Å². The summed E-state index contributed by atoms with van der Waals surface area (Å²) in [5.74, 6) is -0.188. The molecule has 0 aromatic carbocycles. The van der Waals surface area contributed by atoms with E-state index in [4.69, 9.17) is 4.74 Å². The Morgan fingerprint density at radius 2 is 1.67 bits per heavy atom. The average Bonchev–Trinajstić information content (AvgIpc) is 3.21. The third kappa shape index (κ3) is 3.59. The third-order valence-corrected chi connectivity index (χ3v) is 3.57. The van der Waals surface area contributed by atoms with Gasteiger partial charge in [0.15, 0.2) is 0 Å². The van der Waals surface area contributed by atoms with E-state index in [0.717, 1.165) is 25.9 Å². The molecule has 1 saturated heterocycles. The number of carbonyl (C=O) groups is 2. The Morgan fingerprint density at radius 3 is 2.22 bits per heavy atom. The molecule has 1 amide bonds. The lowest BCUT2D eigenvalue weighted by atomic mass is 10.0. The molecule has 0 spiro atoms. The molecule has 2 rings (SSSR count). The van der Waals surface area contributed by atoms with Gasteiger partial charge in [0.2, 0.25) is 5.91 Å². The highest BCUT2D eigenvalue weighted by Gasteiger charge is 2.24. The van der Waals surface area contributed by atoms with Crippen LogP contribution in [-0.2, 0) is 14.3 Å². The fourth-order valence-electron chi connectivity index (χ4n) is 2.40. The minimum Gasteiger partial charge on any atom is -0.466 e. The molecule has 18 heavy (non-hydrogen) atoms. The van der Waals surface area contributed by atoms with Gasteiger partial charge in [-0.15, -0.1) is 0 Å². The fraction of sp³-hybridized carbons (Fsp3) is 0.714. The summed E-state index contributed by atoms with van der Waals surface area (Å²) in [4.78, 5) is 25.0. The van der Waals surface area contributed by atoms with Crippen LogP contribution in [0.1, 0.15) is 45.4 Å². The number of likely N-dealkylation sites (tertiary alicyclic amines) is 1. The standard InChI is InChI=1S/C14H21NO3/c1-2-18-14(17)6-5-13(16)15-9-7-12(8-10-15)11-3-4-11/h2-10H2,1H3. The van der Waals surface area contributed by atoms with Crippen molar-refractivity contribution in [1.82, 2.24) is 4.90 Å². The molecule has 0 radical (unpaired) electrons. The van der Waals surface area contributed by atoms with E-state index >= 15 is 0 Å². The largest absolute Gasteiger partial charge is 0.466 e. The maximum atomic E-state index is 11.9. The molecule has 1 heterocycles. The van der Waals surface area contributed by atoms with Crippen molar-refractivity contribution in [3.05, 3.63) is 11.1 Å². The number of esters is 1. The lowest BCUT2D eigenvalue weighted by Crippen LogP contribution is -2.36. The Hall–Kier alpha value is -1.32. The van der Waals surface area contributed by atoms with E-state index in [1.165, 1.54) is 12.8 Å². The molecule has 1 aliphatic heterocycles. The highest BCUT2D eigenvalue weighted by Crippen LogP contribution is 2.36. The van der Waals surface area contributed by atoms with Gasteiger partial charge in [0, 0.05) is 19.5 Å². The molecular weight excluding hydrogens is 230 g/mol. The molecular formula is C14H21NO3. The van der Waals surface area contributed by atoms with Crippen LogP contribution < -0.4 is 0 Å². The zero-order chi connectivity index (χ0) is 13.0. The highest BCUT2D eigenvalue weighted by atomic mass is 16.5. The van der Waals surface area contributed by atoms with Crippen LogP contribution in [0.2, 0.25) is 0 Å². The van der Waals surface area contributed by atoms with Gasteiger partial charge in [-0.1, -0.05) is 11.1 Å². The second-order valence-electron chi connectivity index (χ2n) is 4.89. The Labute approximate surface area is 108 Å². The van der Waals surface area contributed by atoms with Gasteiger partial charge < -0.3 is 9.64 Å². The smallest absolute Gasteiger partial charge is 0.306 e. The van der Waals surface area contributed by atoms with E-state index < -0.39 is 0 Å². The molecule has 0 aromatic rings. The lowest BCUT2D eigenvalue weighted by Gasteiger charge is -2.28.